The molecule has 16 heavy (non-hydrogen) atoms. The topological polar surface area (TPSA) is 51.4 Å². The molecule has 0 bridgehead atoms. The number of nitrogen functional groups attached to an aromatic ring is 1. The summed E-state index contributed by atoms with van der Waals surface area (Å²) in [5.41, 5.74) is 5.89. The molecule has 88 valence electrons. The molecule has 2 heterocycles. The van der Waals surface area contributed by atoms with Crippen LogP contribution in [-0.4, -0.2) is 36.1 Å². The monoisotopic (exact) mass is 225 g/mol. The molecule has 0 atom stereocenters. The van der Waals surface area contributed by atoms with E-state index in [2.05, 4.69) is 16.9 Å². The molecule has 0 aliphatic carbocycles. The van der Waals surface area contributed by atoms with Crippen LogP contribution in [0.1, 0.15) is 12.8 Å². The molecular weight excluding hydrogens is 209 g/mol. The zero-order chi connectivity index (χ0) is 11.5. The van der Waals surface area contributed by atoms with E-state index >= 15 is 0 Å². The summed E-state index contributed by atoms with van der Waals surface area (Å²) in [5, 5.41) is 0. The van der Waals surface area contributed by atoms with E-state index in [0.717, 1.165) is 32.1 Å². The van der Waals surface area contributed by atoms with Crippen molar-refractivity contribution < 1.29 is 9.13 Å². The smallest absolute Gasteiger partial charge is 0.185 e. The van der Waals surface area contributed by atoms with Crippen LogP contribution in [0.2, 0.25) is 0 Å². The Labute approximate surface area is 94.2 Å². The lowest BCUT2D eigenvalue weighted by molar-refractivity contribution is 0.111. The minimum absolute atomic E-state index is 0.0513. The van der Waals surface area contributed by atoms with Crippen molar-refractivity contribution in [3.8, 4) is 5.75 Å². The molecule has 0 unspecified atom stereocenters. The van der Waals surface area contributed by atoms with E-state index < -0.39 is 5.82 Å². The Balaban J connectivity index is 2.04. The van der Waals surface area contributed by atoms with Crippen LogP contribution in [0.3, 0.4) is 0 Å². The third kappa shape index (κ3) is 2.41. The molecule has 4 nitrogen and oxygen atoms in total. The second kappa shape index (κ2) is 4.65. The summed E-state index contributed by atoms with van der Waals surface area (Å²) in [6.07, 6.45) is 4.39. The first-order chi connectivity index (χ1) is 7.66. The van der Waals surface area contributed by atoms with Gasteiger partial charge in [0.05, 0.1) is 18.1 Å². The standard InChI is InChI=1S/C11H16FN3O/c1-15-4-2-8(3-5-15)16-11-9(12)6-14-7-10(11)13/h6-8H,2-5,13H2,1H3. The van der Waals surface area contributed by atoms with Crippen LogP contribution in [0.5, 0.6) is 5.75 Å². The quantitative estimate of drug-likeness (QED) is 0.823. The van der Waals surface area contributed by atoms with E-state index in [0.29, 0.717) is 0 Å². The van der Waals surface area contributed by atoms with Crippen molar-refractivity contribution in [2.24, 2.45) is 0 Å². The molecule has 1 saturated heterocycles. The third-order valence-electron chi connectivity index (χ3n) is 2.83. The largest absolute Gasteiger partial charge is 0.485 e. The number of anilines is 1. The van der Waals surface area contributed by atoms with Crippen LogP contribution in [0.15, 0.2) is 12.4 Å². The van der Waals surface area contributed by atoms with E-state index in [1.54, 1.807) is 0 Å². The number of likely N-dealkylation sites (tertiary alicyclic amines) is 1. The molecular formula is C11H16FN3O. The zero-order valence-corrected chi connectivity index (χ0v) is 9.32. The number of halogens is 1. The maximum absolute atomic E-state index is 13.4. The van der Waals surface area contributed by atoms with Crippen molar-refractivity contribution >= 4 is 5.69 Å². The average molecular weight is 225 g/mol. The summed E-state index contributed by atoms with van der Waals surface area (Å²) in [6.45, 7) is 1.94. The van der Waals surface area contributed by atoms with Crippen LogP contribution >= 0.6 is 0 Å². The highest BCUT2D eigenvalue weighted by Crippen LogP contribution is 2.26. The van der Waals surface area contributed by atoms with Gasteiger partial charge in [0.1, 0.15) is 6.10 Å². The Kier molecular flexibility index (Phi) is 3.24. The molecule has 0 amide bonds. The Morgan fingerprint density at radius 3 is 2.75 bits per heavy atom. The fraction of sp³-hybridized carbons (Fsp3) is 0.545. The summed E-state index contributed by atoms with van der Waals surface area (Å²) in [7, 11) is 2.07. The van der Waals surface area contributed by atoms with Gasteiger partial charge in [0.15, 0.2) is 11.6 Å². The Morgan fingerprint density at radius 2 is 2.12 bits per heavy atom. The number of nitrogens with two attached hydrogens (primary N) is 1. The fourth-order valence-corrected chi connectivity index (χ4v) is 1.83. The van der Waals surface area contributed by atoms with Crippen LogP contribution in [0.4, 0.5) is 10.1 Å². The first kappa shape index (κ1) is 11.1. The van der Waals surface area contributed by atoms with Gasteiger partial charge in [-0.25, -0.2) is 4.39 Å². The maximum Gasteiger partial charge on any atom is 0.185 e. The summed E-state index contributed by atoms with van der Waals surface area (Å²) < 4.78 is 19.0. The number of rotatable bonds is 2. The van der Waals surface area contributed by atoms with Crippen LogP contribution in [-0.2, 0) is 0 Å². The normalized spacial score (nSPS) is 18.6. The van der Waals surface area contributed by atoms with Crippen LogP contribution < -0.4 is 10.5 Å². The minimum Gasteiger partial charge on any atom is -0.485 e. The van der Waals surface area contributed by atoms with E-state index in [-0.39, 0.29) is 17.5 Å². The highest BCUT2D eigenvalue weighted by atomic mass is 19.1. The second-order valence-electron chi connectivity index (χ2n) is 4.16. The first-order valence-corrected chi connectivity index (χ1v) is 5.41. The Morgan fingerprint density at radius 1 is 1.44 bits per heavy atom. The summed E-state index contributed by atoms with van der Waals surface area (Å²) >= 11 is 0. The van der Waals surface area contributed by atoms with Gasteiger partial charge in [-0.15, -0.1) is 0 Å². The van der Waals surface area contributed by atoms with Gasteiger partial charge in [0.25, 0.3) is 0 Å². The summed E-state index contributed by atoms with van der Waals surface area (Å²) in [4.78, 5) is 5.89. The molecule has 1 aliphatic heterocycles. The van der Waals surface area contributed by atoms with Crippen LogP contribution in [0, 0.1) is 5.82 Å². The third-order valence-corrected chi connectivity index (χ3v) is 2.83. The minimum atomic E-state index is -0.487. The molecule has 5 heteroatoms. The average Bonchev–Trinajstić information content (AvgIpc) is 2.26. The van der Waals surface area contributed by atoms with Crippen molar-refractivity contribution in [2.75, 3.05) is 25.9 Å². The van der Waals surface area contributed by atoms with E-state index in [9.17, 15) is 4.39 Å². The molecule has 2 N–H and O–H groups in total. The lowest BCUT2D eigenvalue weighted by atomic mass is 10.1. The molecule has 1 aliphatic rings. The summed E-state index contributed by atoms with van der Waals surface area (Å²) in [5.74, 6) is -0.344. The molecule has 0 radical (unpaired) electrons. The van der Waals surface area contributed by atoms with E-state index in [1.807, 2.05) is 0 Å². The molecule has 1 fully saturated rings. The molecule has 0 aromatic carbocycles. The van der Waals surface area contributed by atoms with E-state index in [1.165, 1.54) is 6.20 Å². The molecule has 2 rings (SSSR count). The van der Waals surface area contributed by atoms with Gasteiger partial charge in [0.2, 0.25) is 0 Å². The number of ether oxygens (including phenoxy) is 1. The SMILES string of the molecule is CN1CCC(Oc2c(N)cncc2F)CC1. The fourth-order valence-electron chi connectivity index (χ4n) is 1.83. The van der Waals surface area contributed by atoms with Gasteiger partial charge < -0.3 is 15.4 Å². The van der Waals surface area contributed by atoms with Gasteiger partial charge in [-0.1, -0.05) is 0 Å². The predicted octanol–water partition coefficient (Wildman–Crippen LogP) is 1.28. The van der Waals surface area contributed by atoms with Gasteiger partial charge in [-0.05, 0) is 19.9 Å². The Hall–Kier alpha value is -1.36. The number of nitrogens with zero attached hydrogens (tertiary/aromatic N) is 2. The lowest BCUT2D eigenvalue weighted by Gasteiger charge is -2.29. The van der Waals surface area contributed by atoms with Crippen molar-refractivity contribution in [2.45, 2.75) is 18.9 Å². The second-order valence-corrected chi connectivity index (χ2v) is 4.16. The first-order valence-electron chi connectivity index (χ1n) is 5.41. The van der Waals surface area contributed by atoms with E-state index in [4.69, 9.17) is 10.5 Å². The zero-order valence-electron chi connectivity index (χ0n) is 9.32. The predicted molar refractivity (Wildman–Crippen MR) is 59.8 cm³/mol. The van der Waals surface area contributed by atoms with Crippen molar-refractivity contribution in [3.63, 3.8) is 0 Å². The number of pyridine rings is 1. The van der Waals surface area contributed by atoms with Gasteiger partial charge >= 0.3 is 0 Å². The summed E-state index contributed by atoms with van der Waals surface area (Å²) in [6, 6.07) is 0. The molecule has 0 spiro atoms. The molecule has 1 aromatic rings. The van der Waals surface area contributed by atoms with Gasteiger partial charge in [0, 0.05) is 13.1 Å². The number of piperidine rings is 1. The number of hydrogen-bond acceptors (Lipinski definition) is 4. The number of hydrogen-bond donors (Lipinski definition) is 1. The van der Waals surface area contributed by atoms with Crippen molar-refractivity contribution in [1.29, 1.82) is 0 Å². The lowest BCUT2D eigenvalue weighted by Crippen LogP contribution is -2.35. The van der Waals surface area contributed by atoms with Gasteiger partial charge in [-0.2, -0.15) is 0 Å². The number of aromatic nitrogens is 1. The molecule has 0 saturated carbocycles. The molecule has 1 aromatic heterocycles. The van der Waals surface area contributed by atoms with Gasteiger partial charge in [-0.3, -0.25) is 4.98 Å². The highest BCUT2D eigenvalue weighted by Gasteiger charge is 2.20. The van der Waals surface area contributed by atoms with Crippen LogP contribution in [0.25, 0.3) is 0 Å². The Bertz CT molecular complexity index is 344. The van der Waals surface area contributed by atoms with Crippen molar-refractivity contribution in [3.05, 3.63) is 18.2 Å². The maximum atomic E-state index is 13.4. The highest BCUT2D eigenvalue weighted by molar-refractivity contribution is 5.50. The van der Waals surface area contributed by atoms with Crippen molar-refractivity contribution in [1.82, 2.24) is 9.88 Å².